The summed E-state index contributed by atoms with van der Waals surface area (Å²) in [6, 6.07) is 13.9. The number of alkyl carbamates (subject to hydrolysis) is 1. The molecule has 1 aliphatic heterocycles. The molecular weight excluding hydrogens is 578 g/mol. The Kier molecular flexibility index (Phi) is 10.2. The van der Waals surface area contributed by atoms with Crippen LogP contribution in [0.2, 0.25) is 0 Å². The molecule has 1 saturated heterocycles. The van der Waals surface area contributed by atoms with Crippen molar-refractivity contribution in [2.75, 3.05) is 6.61 Å². The van der Waals surface area contributed by atoms with Crippen molar-refractivity contribution in [2.45, 2.75) is 83.4 Å². The normalized spacial score (nSPS) is 23.7. The van der Waals surface area contributed by atoms with E-state index in [0.717, 1.165) is 43.0 Å². The van der Waals surface area contributed by atoms with Gasteiger partial charge in [0.25, 0.3) is 0 Å². The Hall–Kier alpha value is -4.49. The van der Waals surface area contributed by atoms with Gasteiger partial charge >= 0.3 is 30.0 Å². The van der Waals surface area contributed by atoms with Crippen LogP contribution in [0.25, 0.3) is 11.1 Å². The van der Waals surface area contributed by atoms with Crippen molar-refractivity contribution in [1.82, 2.24) is 5.32 Å². The van der Waals surface area contributed by atoms with Gasteiger partial charge < -0.3 is 38.8 Å². The Morgan fingerprint density at radius 3 is 1.84 bits per heavy atom. The molecule has 13 nitrogen and oxygen atoms in total. The molecule has 2 aromatic rings. The standard InChI is InChI=1S/C31H35NO12/c1-15(40-30-28(44-19(5)35)27(43-18(4)34)26(16(2)41-30)42-17(3)33)25(29(36)37)32-31(38)39-14-24-22-12-8-6-10-20(22)21-11-7-9-13-23(21)24/h6-13,15-16,24-28,30H,14H2,1-5H3,(H,32,38)(H,36,37). The lowest BCUT2D eigenvalue weighted by Crippen LogP contribution is -2.62. The minimum atomic E-state index is -1.62. The van der Waals surface area contributed by atoms with E-state index in [1.807, 2.05) is 48.5 Å². The summed E-state index contributed by atoms with van der Waals surface area (Å²) in [4.78, 5) is 60.7. The van der Waals surface area contributed by atoms with Crippen molar-refractivity contribution in [3.05, 3.63) is 59.7 Å². The van der Waals surface area contributed by atoms with Crippen molar-refractivity contribution in [3.63, 3.8) is 0 Å². The predicted molar refractivity (Wildman–Crippen MR) is 151 cm³/mol. The fourth-order valence-electron chi connectivity index (χ4n) is 5.52. The first-order valence-electron chi connectivity index (χ1n) is 14.0. The molecule has 13 heteroatoms. The highest BCUT2D eigenvalue weighted by Crippen LogP contribution is 2.44. The van der Waals surface area contributed by atoms with Gasteiger partial charge in [-0.1, -0.05) is 48.5 Å². The lowest BCUT2D eigenvalue weighted by Gasteiger charge is -2.44. The number of hydrogen-bond acceptors (Lipinski definition) is 11. The zero-order valence-corrected chi connectivity index (χ0v) is 24.9. The molecule has 1 heterocycles. The van der Waals surface area contributed by atoms with Gasteiger partial charge in [0, 0.05) is 26.7 Å². The first kappa shape index (κ1) is 32.4. The number of esters is 3. The number of ether oxygens (including phenoxy) is 6. The van der Waals surface area contributed by atoms with Crippen molar-refractivity contribution in [3.8, 4) is 11.1 Å². The van der Waals surface area contributed by atoms with E-state index in [1.165, 1.54) is 13.8 Å². The van der Waals surface area contributed by atoms with E-state index in [2.05, 4.69) is 5.32 Å². The minimum Gasteiger partial charge on any atom is -0.480 e. The Labute approximate surface area is 253 Å². The monoisotopic (exact) mass is 613 g/mol. The third kappa shape index (κ3) is 7.34. The van der Waals surface area contributed by atoms with Gasteiger partial charge in [-0.2, -0.15) is 0 Å². The molecular formula is C31H35NO12. The maximum Gasteiger partial charge on any atom is 0.407 e. The highest BCUT2D eigenvalue weighted by molar-refractivity contribution is 5.81. The number of carboxylic acids is 1. The van der Waals surface area contributed by atoms with Gasteiger partial charge in [-0.3, -0.25) is 14.4 Å². The average Bonchev–Trinajstić information content (AvgIpc) is 3.27. The van der Waals surface area contributed by atoms with Gasteiger partial charge in [-0.25, -0.2) is 9.59 Å². The number of carbonyl (C=O) groups excluding carboxylic acids is 4. The molecule has 0 bridgehead atoms. The molecule has 4 rings (SSSR count). The quantitative estimate of drug-likeness (QED) is 0.297. The van der Waals surface area contributed by atoms with E-state index in [9.17, 15) is 29.1 Å². The fourth-order valence-corrected chi connectivity index (χ4v) is 5.52. The van der Waals surface area contributed by atoms with E-state index < -0.39 is 72.8 Å². The van der Waals surface area contributed by atoms with E-state index in [4.69, 9.17) is 28.4 Å². The van der Waals surface area contributed by atoms with Gasteiger partial charge in [0.05, 0.1) is 12.2 Å². The summed E-state index contributed by atoms with van der Waals surface area (Å²) >= 11 is 0. The zero-order chi connectivity index (χ0) is 32.1. The van der Waals surface area contributed by atoms with Crippen LogP contribution in [0, 0.1) is 0 Å². The number of amides is 1. The van der Waals surface area contributed by atoms with Gasteiger partial charge in [0.15, 0.2) is 30.6 Å². The first-order chi connectivity index (χ1) is 20.9. The highest BCUT2D eigenvalue weighted by atomic mass is 16.7. The molecule has 0 saturated carbocycles. The van der Waals surface area contributed by atoms with E-state index in [0.29, 0.717) is 0 Å². The molecule has 7 atom stereocenters. The molecule has 2 aromatic carbocycles. The summed E-state index contributed by atoms with van der Waals surface area (Å²) in [5.74, 6) is -3.93. The van der Waals surface area contributed by atoms with Gasteiger partial charge in [0.2, 0.25) is 0 Å². The Balaban J connectivity index is 1.46. The average molecular weight is 614 g/mol. The van der Waals surface area contributed by atoms with Gasteiger partial charge in [-0.05, 0) is 36.1 Å². The van der Waals surface area contributed by atoms with Crippen LogP contribution in [0.3, 0.4) is 0 Å². The summed E-state index contributed by atoms with van der Waals surface area (Å²) < 4.78 is 33.1. The number of rotatable bonds is 10. The van der Waals surface area contributed by atoms with Crippen LogP contribution in [0.15, 0.2) is 48.5 Å². The van der Waals surface area contributed by atoms with Crippen LogP contribution in [-0.2, 0) is 47.6 Å². The molecule has 44 heavy (non-hydrogen) atoms. The van der Waals surface area contributed by atoms with Crippen molar-refractivity contribution < 1.29 is 57.5 Å². The summed E-state index contributed by atoms with van der Waals surface area (Å²) in [5, 5.41) is 12.3. The highest BCUT2D eigenvalue weighted by Gasteiger charge is 2.52. The molecule has 236 valence electrons. The molecule has 1 amide bonds. The Morgan fingerprint density at radius 2 is 1.32 bits per heavy atom. The number of hydrogen-bond donors (Lipinski definition) is 2. The predicted octanol–water partition coefficient (Wildman–Crippen LogP) is 2.92. The minimum absolute atomic E-state index is 0.0409. The van der Waals surface area contributed by atoms with Crippen LogP contribution >= 0.6 is 0 Å². The van der Waals surface area contributed by atoms with E-state index in [-0.39, 0.29) is 12.5 Å². The summed E-state index contributed by atoms with van der Waals surface area (Å²) in [6.45, 7) is 6.20. The molecule has 7 unspecified atom stereocenters. The van der Waals surface area contributed by atoms with Crippen LogP contribution in [-0.4, -0.2) is 84.5 Å². The lowest BCUT2D eigenvalue weighted by molar-refractivity contribution is -0.310. The molecule has 1 fully saturated rings. The zero-order valence-electron chi connectivity index (χ0n) is 24.9. The maximum absolute atomic E-state index is 12.9. The topological polar surface area (TPSA) is 173 Å². The third-order valence-corrected chi connectivity index (χ3v) is 7.33. The molecule has 2 N–H and O–H groups in total. The Bertz CT molecular complexity index is 1360. The number of carboxylic acid groups (broad SMARTS) is 1. The van der Waals surface area contributed by atoms with Crippen LogP contribution in [0.5, 0.6) is 0 Å². The second kappa shape index (κ2) is 13.9. The van der Waals surface area contributed by atoms with Crippen molar-refractivity contribution in [1.29, 1.82) is 0 Å². The number of fused-ring (bicyclic) bond motifs is 3. The van der Waals surface area contributed by atoms with Crippen LogP contribution in [0.4, 0.5) is 4.79 Å². The molecule has 0 aromatic heterocycles. The summed E-state index contributed by atoms with van der Waals surface area (Å²) in [5.41, 5.74) is 4.05. The van der Waals surface area contributed by atoms with Gasteiger partial charge in [0.1, 0.15) is 6.61 Å². The second-order valence-corrected chi connectivity index (χ2v) is 10.6. The molecule has 2 aliphatic rings. The maximum atomic E-state index is 12.9. The SMILES string of the molecule is CC(=O)OC1C(C)OC(OC(C)C(NC(=O)OCC2c3ccccc3-c3ccccc32)C(=O)O)C(OC(C)=O)C1OC(C)=O. The number of aliphatic carboxylic acids is 1. The van der Waals surface area contributed by atoms with E-state index in [1.54, 1.807) is 0 Å². The smallest absolute Gasteiger partial charge is 0.407 e. The number of benzene rings is 2. The number of carbonyl (C=O) groups is 5. The summed E-state index contributed by atoms with van der Waals surface area (Å²) in [6.07, 6.45) is -8.59. The second-order valence-electron chi connectivity index (χ2n) is 10.6. The largest absolute Gasteiger partial charge is 0.480 e. The van der Waals surface area contributed by atoms with Gasteiger partial charge in [-0.15, -0.1) is 0 Å². The van der Waals surface area contributed by atoms with E-state index >= 15 is 0 Å². The number of nitrogens with one attached hydrogen (secondary N) is 1. The molecule has 0 spiro atoms. The van der Waals surface area contributed by atoms with Crippen LogP contribution < -0.4 is 5.32 Å². The molecule has 0 radical (unpaired) electrons. The van der Waals surface area contributed by atoms with Crippen molar-refractivity contribution >= 4 is 30.0 Å². The molecule has 1 aliphatic carbocycles. The Morgan fingerprint density at radius 1 is 0.818 bits per heavy atom. The van der Waals surface area contributed by atoms with Crippen LogP contribution in [0.1, 0.15) is 51.7 Å². The lowest BCUT2D eigenvalue weighted by atomic mass is 9.98. The third-order valence-electron chi connectivity index (χ3n) is 7.33. The fraction of sp³-hybridized carbons (Fsp3) is 0.452. The summed E-state index contributed by atoms with van der Waals surface area (Å²) in [7, 11) is 0. The van der Waals surface area contributed by atoms with Crippen molar-refractivity contribution in [2.24, 2.45) is 0 Å². The first-order valence-corrected chi connectivity index (χ1v) is 14.0.